The van der Waals surface area contributed by atoms with Crippen LogP contribution in [0.2, 0.25) is 5.02 Å². The SMILES string of the molecule is O=C(N/N=C/c1ccc(OCc2ccc(Cl)cc2)cc1)c1ccncc1. The predicted octanol–water partition coefficient (Wildman–Crippen LogP) is 4.08. The summed E-state index contributed by atoms with van der Waals surface area (Å²) >= 11 is 5.86. The molecule has 1 heterocycles. The van der Waals surface area contributed by atoms with Gasteiger partial charge in [-0.15, -0.1) is 0 Å². The number of hydrogen-bond donors (Lipinski definition) is 1. The van der Waals surface area contributed by atoms with E-state index in [9.17, 15) is 4.79 Å². The van der Waals surface area contributed by atoms with Gasteiger partial charge in [0.2, 0.25) is 0 Å². The summed E-state index contributed by atoms with van der Waals surface area (Å²) in [5.74, 6) is 0.462. The molecular formula is C20H16ClN3O2. The van der Waals surface area contributed by atoms with Gasteiger partial charge in [0.15, 0.2) is 0 Å². The molecule has 5 nitrogen and oxygen atoms in total. The highest BCUT2D eigenvalue weighted by Gasteiger charge is 2.02. The van der Waals surface area contributed by atoms with Gasteiger partial charge in [0.25, 0.3) is 5.91 Å². The van der Waals surface area contributed by atoms with Gasteiger partial charge in [-0.2, -0.15) is 5.10 Å². The molecule has 3 aromatic rings. The molecular weight excluding hydrogens is 350 g/mol. The second kappa shape index (κ2) is 8.78. The Morgan fingerprint density at radius 3 is 2.42 bits per heavy atom. The number of hydrazone groups is 1. The first-order valence-electron chi connectivity index (χ1n) is 7.91. The van der Waals surface area contributed by atoms with Crippen LogP contribution in [0.3, 0.4) is 0 Å². The van der Waals surface area contributed by atoms with E-state index in [4.69, 9.17) is 16.3 Å². The molecule has 130 valence electrons. The van der Waals surface area contributed by atoms with Crippen LogP contribution in [0.1, 0.15) is 21.5 Å². The Morgan fingerprint density at radius 2 is 1.73 bits per heavy atom. The van der Waals surface area contributed by atoms with Gasteiger partial charge in [-0.1, -0.05) is 23.7 Å². The monoisotopic (exact) mass is 365 g/mol. The third-order valence-corrected chi connectivity index (χ3v) is 3.77. The van der Waals surface area contributed by atoms with Crippen molar-refractivity contribution in [3.05, 3.63) is 94.8 Å². The van der Waals surface area contributed by atoms with Gasteiger partial charge < -0.3 is 4.74 Å². The van der Waals surface area contributed by atoms with Crippen LogP contribution in [0.15, 0.2) is 78.2 Å². The fourth-order valence-electron chi connectivity index (χ4n) is 2.13. The highest BCUT2D eigenvalue weighted by Crippen LogP contribution is 2.15. The fourth-order valence-corrected chi connectivity index (χ4v) is 2.26. The number of aromatic nitrogens is 1. The number of carbonyl (C=O) groups excluding carboxylic acids is 1. The van der Waals surface area contributed by atoms with Crippen molar-refractivity contribution in [2.24, 2.45) is 5.10 Å². The standard InChI is InChI=1S/C20H16ClN3O2/c21-18-5-1-16(2-6-18)14-26-19-7-3-15(4-8-19)13-23-24-20(25)17-9-11-22-12-10-17/h1-13H,14H2,(H,24,25)/b23-13+. The number of pyridine rings is 1. The molecule has 0 bridgehead atoms. The Labute approximate surface area is 156 Å². The van der Waals surface area contributed by atoms with E-state index in [2.05, 4.69) is 15.5 Å². The maximum atomic E-state index is 11.8. The van der Waals surface area contributed by atoms with E-state index >= 15 is 0 Å². The molecule has 1 N–H and O–H groups in total. The van der Waals surface area contributed by atoms with Crippen molar-refractivity contribution in [3.63, 3.8) is 0 Å². The molecule has 0 spiro atoms. The molecule has 0 aliphatic heterocycles. The molecule has 6 heteroatoms. The van der Waals surface area contributed by atoms with Gasteiger partial charge in [0, 0.05) is 23.0 Å². The number of rotatable bonds is 6. The molecule has 0 atom stereocenters. The molecule has 0 aliphatic carbocycles. The van der Waals surface area contributed by atoms with Crippen molar-refractivity contribution in [2.75, 3.05) is 0 Å². The van der Waals surface area contributed by atoms with E-state index < -0.39 is 0 Å². The fraction of sp³-hybridized carbons (Fsp3) is 0.0500. The van der Waals surface area contributed by atoms with Crippen molar-refractivity contribution >= 4 is 23.7 Å². The molecule has 0 saturated heterocycles. The summed E-state index contributed by atoms with van der Waals surface area (Å²) in [6, 6.07) is 18.2. The quantitative estimate of drug-likeness (QED) is 0.529. The molecule has 3 rings (SSSR count). The number of carbonyl (C=O) groups is 1. The van der Waals surface area contributed by atoms with Crippen molar-refractivity contribution in [1.82, 2.24) is 10.4 Å². The zero-order valence-electron chi connectivity index (χ0n) is 13.8. The number of nitrogens with one attached hydrogen (secondary N) is 1. The van der Waals surface area contributed by atoms with Crippen LogP contribution >= 0.6 is 11.6 Å². The summed E-state index contributed by atoms with van der Waals surface area (Å²) in [5.41, 5.74) is 4.86. The van der Waals surface area contributed by atoms with Gasteiger partial charge in [-0.3, -0.25) is 9.78 Å². The third-order valence-electron chi connectivity index (χ3n) is 3.52. The molecule has 0 fully saturated rings. The maximum Gasteiger partial charge on any atom is 0.271 e. The molecule has 0 radical (unpaired) electrons. The Kier molecular flexibility index (Phi) is 5.96. The molecule has 0 aliphatic rings. The van der Waals surface area contributed by atoms with Crippen molar-refractivity contribution < 1.29 is 9.53 Å². The summed E-state index contributed by atoms with van der Waals surface area (Å²) in [6.07, 6.45) is 4.69. The normalized spacial score (nSPS) is 10.7. The second-order valence-electron chi connectivity index (χ2n) is 5.42. The van der Waals surface area contributed by atoms with Gasteiger partial charge in [0.05, 0.1) is 6.21 Å². The lowest BCUT2D eigenvalue weighted by atomic mass is 10.2. The minimum atomic E-state index is -0.286. The Morgan fingerprint density at radius 1 is 1.04 bits per heavy atom. The summed E-state index contributed by atoms with van der Waals surface area (Å²) in [6.45, 7) is 0.465. The van der Waals surface area contributed by atoms with E-state index in [0.29, 0.717) is 17.2 Å². The Hall–Kier alpha value is -3.18. The lowest BCUT2D eigenvalue weighted by Gasteiger charge is -2.06. The zero-order chi connectivity index (χ0) is 18.2. The zero-order valence-corrected chi connectivity index (χ0v) is 14.6. The van der Waals surface area contributed by atoms with Gasteiger partial charge in [0.1, 0.15) is 12.4 Å². The van der Waals surface area contributed by atoms with Gasteiger partial charge in [-0.25, -0.2) is 5.43 Å². The second-order valence-corrected chi connectivity index (χ2v) is 5.86. The number of benzene rings is 2. The van der Waals surface area contributed by atoms with Gasteiger partial charge >= 0.3 is 0 Å². The van der Waals surface area contributed by atoms with Crippen molar-refractivity contribution in [1.29, 1.82) is 0 Å². The largest absolute Gasteiger partial charge is 0.489 e. The van der Waals surface area contributed by atoms with Crippen LogP contribution in [0.25, 0.3) is 0 Å². The molecule has 1 amide bonds. The third kappa shape index (κ3) is 5.16. The van der Waals surface area contributed by atoms with Gasteiger partial charge in [-0.05, 0) is 59.7 Å². The van der Waals surface area contributed by atoms with Crippen LogP contribution in [-0.4, -0.2) is 17.1 Å². The average molecular weight is 366 g/mol. The van der Waals surface area contributed by atoms with Crippen molar-refractivity contribution in [2.45, 2.75) is 6.61 Å². The highest BCUT2D eigenvalue weighted by atomic mass is 35.5. The maximum absolute atomic E-state index is 11.8. The smallest absolute Gasteiger partial charge is 0.271 e. The minimum Gasteiger partial charge on any atom is -0.489 e. The Bertz CT molecular complexity index is 879. The number of ether oxygens (including phenoxy) is 1. The molecule has 1 aromatic heterocycles. The topological polar surface area (TPSA) is 63.6 Å². The molecule has 26 heavy (non-hydrogen) atoms. The molecule has 0 unspecified atom stereocenters. The first kappa shape index (κ1) is 17.6. The predicted molar refractivity (Wildman–Crippen MR) is 102 cm³/mol. The van der Waals surface area contributed by atoms with E-state index in [1.54, 1.807) is 30.7 Å². The Balaban J connectivity index is 1.51. The van der Waals surface area contributed by atoms with Crippen LogP contribution in [-0.2, 0) is 6.61 Å². The molecule has 0 saturated carbocycles. The van der Waals surface area contributed by atoms with Crippen LogP contribution in [0.5, 0.6) is 5.75 Å². The average Bonchev–Trinajstić information content (AvgIpc) is 2.69. The number of halogens is 1. The highest BCUT2D eigenvalue weighted by molar-refractivity contribution is 6.30. The number of nitrogens with zero attached hydrogens (tertiary/aromatic N) is 2. The number of amides is 1. The van der Waals surface area contributed by atoms with E-state index in [1.807, 2.05) is 48.5 Å². The number of hydrogen-bond acceptors (Lipinski definition) is 4. The van der Waals surface area contributed by atoms with Crippen molar-refractivity contribution in [3.8, 4) is 5.75 Å². The lowest BCUT2D eigenvalue weighted by molar-refractivity contribution is 0.0955. The first-order chi connectivity index (χ1) is 12.7. The summed E-state index contributed by atoms with van der Waals surface area (Å²) in [5, 5.41) is 4.65. The van der Waals surface area contributed by atoms with E-state index in [1.165, 1.54) is 0 Å². The van der Waals surface area contributed by atoms with E-state index in [0.717, 1.165) is 16.9 Å². The lowest BCUT2D eigenvalue weighted by Crippen LogP contribution is -2.17. The molecule has 2 aromatic carbocycles. The summed E-state index contributed by atoms with van der Waals surface area (Å²) in [7, 11) is 0. The van der Waals surface area contributed by atoms with Crippen LogP contribution < -0.4 is 10.2 Å². The minimum absolute atomic E-state index is 0.286. The van der Waals surface area contributed by atoms with Crippen LogP contribution in [0, 0.1) is 0 Å². The van der Waals surface area contributed by atoms with Crippen LogP contribution in [0.4, 0.5) is 0 Å². The van der Waals surface area contributed by atoms with E-state index in [-0.39, 0.29) is 5.91 Å². The summed E-state index contributed by atoms with van der Waals surface area (Å²) < 4.78 is 5.72. The summed E-state index contributed by atoms with van der Waals surface area (Å²) in [4.78, 5) is 15.7. The first-order valence-corrected chi connectivity index (χ1v) is 8.29.